The van der Waals surface area contributed by atoms with E-state index >= 15 is 0 Å². The average Bonchev–Trinajstić information content (AvgIpc) is 2.46. The summed E-state index contributed by atoms with van der Waals surface area (Å²) in [5.74, 6) is -0.263. The minimum absolute atomic E-state index is 0.263. The lowest BCUT2D eigenvalue weighted by Gasteiger charge is -1.91. The first-order chi connectivity index (χ1) is 6.06. The number of aromatic nitrogens is 2. The zero-order chi connectivity index (χ0) is 10.0. The molecule has 0 aliphatic rings. The van der Waals surface area contributed by atoms with E-state index in [9.17, 15) is 10.1 Å². The predicted molar refractivity (Wildman–Crippen MR) is 43.9 cm³/mol. The molecule has 0 fully saturated rings. The molecule has 0 bridgehead atoms. The van der Waals surface area contributed by atoms with Gasteiger partial charge in [-0.05, 0) is 11.8 Å². The van der Waals surface area contributed by atoms with Crippen molar-refractivity contribution in [1.82, 2.24) is 9.78 Å². The number of hydrogen-bond donors (Lipinski definition) is 1. The maximum absolute atomic E-state index is 10.3. The lowest BCUT2D eigenvalue weighted by Crippen LogP contribution is -2.03. The van der Waals surface area contributed by atoms with E-state index in [1.165, 1.54) is 24.7 Å². The van der Waals surface area contributed by atoms with Gasteiger partial charge >= 0.3 is 5.82 Å². The zero-order valence-corrected chi connectivity index (χ0v) is 7.13. The third kappa shape index (κ3) is 1.63. The minimum atomic E-state index is -0.603. The van der Waals surface area contributed by atoms with E-state index in [0.717, 1.165) is 0 Å². The molecular weight excluding hydrogens is 176 g/mol. The number of hydrogen-bond acceptors (Lipinski definition) is 5. The lowest BCUT2D eigenvalue weighted by molar-refractivity contribution is -0.389. The van der Waals surface area contributed by atoms with E-state index in [1.54, 1.807) is 0 Å². The second kappa shape index (κ2) is 3.21. The fourth-order valence-corrected chi connectivity index (χ4v) is 0.931. The second-order valence-corrected chi connectivity index (χ2v) is 2.45. The SMILES string of the molecule is C/C(=N\O)c1cc([N+](=O)[O-])nn1C. The van der Waals surface area contributed by atoms with Gasteiger partial charge in [-0.2, -0.15) is 4.68 Å². The molecular formula is C6H8N4O3. The van der Waals surface area contributed by atoms with Gasteiger partial charge in [-0.1, -0.05) is 5.16 Å². The van der Waals surface area contributed by atoms with E-state index in [1.807, 2.05) is 0 Å². The third-order valence-electron chi connectivity index (χ3n) is 1.57. The quantitative estimate of drug-likeness (QED) is 0.314. The Bertz CT molecular complexity index is 368. The molecule has 1 rings (SSSR count). The summed E-state index contributed by atoms with van der Waals surface area (Å²) in [5.41, 5.74) is 0.692. The molecule has 7 nitrogen and oxygen atoms in total. The van der Waals surface area contributed by atoms with Crippen molar-refractivity contribution in [2.75, 3.05) is 0 Å². The third-order valence-corrected chi connectivity index (χ3v) is 1.57. The van der Waals surface area contributed by atoms with Crippen molar-refractivity contribution in [3.8, 4) is 0 Å². The molecule has 0 aliphatic carbocycles. The monoisotopic (exact) mass is 184 g/mol. The average molecular weight is 184 g/mol. The van der Waals surface area contributed by atoms with Gasteiger partial charge in [0, 0.05) is 0 Å². The Hall–Kier alpha value is -1.92. The van der Waals surface area contributed by atoms with Crippen LogP contribution in [0.15, 0.2) is 11.2 Å². The summed E-state index contributed by atoms with van der Waals surface area (Å²) in [4.78, 5) is 9.70. The molecule has 0 saturated heterocycles. The van der Waals surface area contributed by atoms with Gasteiger partial charge in [-0.15, -0.1) is 0 Å². The number of rotatable bonds is 2. The summed E-state index contributed by atoms with van der Waals surface area (Å²) in [7, 11) is 1.54. The van der Waals surface area contributed by atoms with Crippen molar-refractivity contribution >= 4 is 11.5 Å². The van der Waals surface area contributed by atoms with Crippen molar-refractivity contribution in [3.05, 3.63) is 21.9 Å². The van der Waals surface area contributed by atoms with Crippen molar-refractivity contribution in [2.24, 2.45) is 12.2 Å². The zero-order valence-electron chi connectivity index (χ0n) is 7.13. The number of oxime groups is 1. The number of nitrogens with zero attached hydrogens (tertiary/aromatic N) is 4. The van der Waals surface area contributed by atoms with Crippen LogP contribution < -0.4 is 0 Å². The predicted octanol–water partition coefficient (Wildman–Crippen LogP) is 0.526. The highest BCUT2D eigenvalue weighted by atomic mass is 16.6. The Morgan fingerprint density at radius 3 is 2.85 bits per heavy atom. The van der Waals surface area contributed by atoms with Crippen LogP contribution in [0.2, 0.25) is 0 Å². The molecule has 0 radical (unpaired) electrons. The first-order valence-electron chi connectivity index (χ1n) is 3.43. The summed E-state index contributed by atoms with van der Waals surface area (Å²) in [6, 6.07) is 1.25. The Balaban J connectivity index is 3.18. The molecule has 0 amide bonds. The van der Waals surface area contributed by atoms with Crippen LogP contribution in [-0.4, -0.2) is 25.6 Å². The van der Waals surface area contributed by atoms with E-state index < -0.39 is 4.92 Å². The van der Waals surface area contributed by atoms with Crippen molar-refractivity contribution in [1.29, 1.82) is 0 Å². The van der Waals surface area contributed by atoms with Crippen molar-refractivity contribution in [3.63, 3.8) is 0 Å². The van der Waals surface area contributed by atoms with E-state index in [-0.39, 0.29) is 11.5 Å². The molecule has 1 aromatic rings. The van der Waals surface area contributed by atoms with Crippen LogP contribution in [0.3, 0.4) is 0 Å². The molecule has 0 spiro atoms. The van der Waals surface area contributed by atoms with Crippen molar-refractivity contribution in [2.45, 2.75) is 6.92 Å². The molecule has 0 atom stereocenters. The van der Waals surface area contributed by atoms with Crippen LogP contribution in [0.4, 0.5) is 5.82 Å². The smallest absolute Gasteiger partial charge is 0.390 e. The first kappa shape index (κ1) is 9.17. The topological polar surface area (TPSA) is 93.6 Å². The lowest BCUT2D eigenvalue weighted by atomic mass is 10.3. The van der Waals surface area contributed by atoms with Gasteiger partial charge in [0.1, 0.15) is 11.4 Å². The van der Waals surface area contributed by atoms with Gasteiger partial charge in [-0.25, -0.2) is 0 Å². The fraction of sp³-hybridized carbons (Fsp3) is 0.333. The highest BCUT2D eigenvalue weighted by molar-refractivity contribution is 5.97. The molecule has 0 unspecified atom stereocenters. The summed E-state index contributed by atoms with van der Waals surface area (Å²) in [6.45, 7) is 1.53. The number of aryl methyl sites for hydroxylation is 1. The summed E-state index contributed by atoms with van der Waals surface area (Å²) in [6.07, 6.45) is 0. The van der Waals surface area contributed by atoms with Gasteiger partial charge in [0.15, 0.2) is 0 Å². The highest BCUT2D eigenvalue weighted by Gasteiger charge is 2.17. The fourth-order valence-electron chi connectivity index (χ4n) is 0.931. The Morgan fingerprint density at radius 2 is 2.46 bits per heavy atom. The standard InChI is InChI=1S/C6H8N4O3/c1-4(8-11)5-3-6(10(12)13)7-9(5)2/h3,11H,1-2H3/b8-4+. The molecule has 70 valence electrons. The van der Waals surface area contributed by atoms with Crippen LogP contribution >= 0.6 is 0 Å². The molecule has 1 aromatic heterocycles. The summed E-state index contributed by atoms with van der Waals surface area (Å²) in [5, 5.41) is 25.3. The van der Waals surface area contributed by atoms with Crippen LogP contribution in [0.25, 0.3) is 0 Å². The van der Waals surface area contributed by atoms with Gasteiger partial charge < -0.3 is 15.3 Å². The molecule has 7 heteroatoms. The second-order valence-electron chi connectivity index (χ2n) is 2.45. The van der Waals surface area contributed by atoms with Gasteiger partial charge in [0.05, 0.1) is 18.2 Å². The van der Waals surface area contributed by atoms with Crippen LogP contribution in [0, 0.1) is 10.1 Å². The Kier molecular flexibility index (Phi) is 2.27. The van der Waals surface area contributed by atoms with E-state index in [4.69, 9.17) is 5.21 Å². The maximum atomic E-state index is 10.3. The summed E-state index contributed by atoms with van der Waals surface area (Å²) >= 11 is 0. The molecule has 1 heterocycles. The Morgan fingerprint density at radius 1 is 1.85 bits per heavy atom. The van der Waals surface area contributed by atoms with Crippen molar-refractivity contribution < 1.29 is 10.1 Å². The maximum Gasteiger partial charge on any atom is 0.390 e. The molecule has 0 aromatic carbocycles. The van der Waals surface area contributed by atoms with Gasteiger partial charge in [0.2, 0.25) is 0 Å². The minimum Gasteiger partial charge on any atom is -0.411 e. The van der Waals surface area contributed by atoms with Crippen LogP contribution in [0.5, 0.6) is 0 Å². The first-order valence-corrected chi connectivity index (χ1v) is 3.43. The summed E-state index contributed by atoms with van der Waals surface area (Å²) < 4.78 is 1.28. The van der Waals surface area contributed by atoms with Crippen LogP contribution in [0.1, 0.15) is 12.6 Å². The van der Waals surface area contributed by atoms with Gasteiger partial charge in [0.25, 0.3) is 0 Å². The Labute approximate surface area is 73.4 Å². The molecule has 13 heavy (non-hydrogen) atoms. The normalized spacial score (nSPS) is 11.7. The highest BCUT2D eigenvalue weighted by Crippen LogP contribution is 2.11. The molecule has 1 N–H and O–H groups in total. The largest absolute Gasteiger partial charge is 0.411 e. The van der Waals surface area contributed by atoms with Gasteiger partial charge in [-0.3, -0.25) is 0 Å². The van der Waals surface area contributed by atoms with Crippen LogP contribution in [-0.2, 0) is 7.05 Å². The van der Waals surface area contributed by atoms with E-state index in [2.05, 4.69) is 10.3 Å². The number of nitro groups is 1. The molecule has 0 aliphatic heterocycles. The molecule has 0 saturated carbocycles. The van der Waals surface area contributed by atoms with E-state index in [0.29, 0.717) is 5.69 Å².